The summed E-state index contributed by atoms with van der Waals surface area (Å²) in [6, 6.07) is 16.5. The molecule has 1 fully saturated rings. The fourth-order valence-electron chi connectivity index (χ4n) is 4.12. The van der Waals surface area contributed by atoms with Gasteiger partial charge < -0.3 is 9.84 Å². The predicted octanol–water partition coefficient (Wildman–Crippen LogP) is 6.04. The molecule has 1 atom stereocenters. The van der Waals surface area contributed by atoms with E-state index in [0.29, 0.717) is 17.9 Å². The lowest BCUT2D eigenvalue weighted by Crippen LogP contribution is -2.29. The second-order valence-corrected chi connectivity index (χ2v) is 8.09. The molecule has 1 N–H and O–H groups in total. The van der Waals surface area contributed by atoms with Gasteiger partial charge in [-0.1, -0.05) is 42.0 Å². The molecular weight excluding hydrogens is 459 g/mol. The van der Waals surface area contributed by atoms with Crippen LogP contribution >= 0.6 is 0 Å². The number of hydrogen-bond acceptors (Lipinski definition) is 4. The van der Waals surface area contributed by atoms with Crippen LogP contribution in [0.3, 0.4) is 0 Å². The minimum absolute atomic E-state index is 0.105. The third kappa shape index (κ3) is 4.64. The van der Waals surface area contributed by atoms with E-state index in [1.807, 2.05) is 13.0 Å². The van der Waals surface area contributed by atoms with E-state index < -0.39 is 35.2 Å². The molecule has 8 heteroatoms. The Hall–Kier alpha value is -4.07. The molecule has 35 heavy (non-hydrogen) atoms. The van der Waals surface area contributed by atoms with Crippen LogP contribution in [-0.4, -0.2) is 23.4 Å². The number of carbonyl (C=O) groups is 2. The summed E-state index contributed by atoms with van der Waals surface area (Å²) < 4.78 is 44.7. The van der Waals surface area contributed by atoms with Gasteiger partial charge in [0.15, 0.2) is 0 Å². The molecule has 0 saturated carbocycles. The lowest BCUT2D eigenvalue weighted by atomic mass is 9.94. The van der Waals surface area contributed by atoms with Crippen molar-refractivity contribution in [2.45, 2.75) is 26.1 Å². The predicted molar refractivity (Wildman–Crippen MR) is 125 cm³/mol. The molecule has 0 spiro atoms. The summed E-state index contributed by atoms with van der Waals surface area (Å²) in [4.78, 5) is 27.5. The van der Waals surface area contributed by atoms with E-state index in [1.54, 1.807) is 49.4 Å². The van der Waals surface area contributed by atoms with E-state index in [4.69, 9.17) is 4.74 Å². The molecule has 0 aromatic heterocycles. The zero-order valence-corrected chi connectivity index (χ0v) is 19.0. The Morgan fingerprint density at radius 1 is 1.00 bits per heavy atom. The zero-order valence-electron chi connectivity index (χ0n) is 19.0. The van der Waals surface area contributed by atoms with Crippen LogP contribution in [0.1, 0.15) is 35.2 Å². The van der Waals surface area contributed by atoms with Crippen LogP contribution < -0.4 is 9.64 Å². The fourth-order valence-corrected chi connectivity index (χ4v) is 4.12. The summed E-state index contributed by atoms with van der Waals surface area (Å²) in [6.07, 6.45) is -4.55. The Labute approximate surface area is 200 Å². The van der Waals surface area contributed by atoms with Crippen molar-refractivity contribution in [3.63, 3.8) is 0 Å². The van der Waals surface area contributed by atoms with Crippen LogP contribution in [0.4, 0.5) is 18.9 Å². The van der Waals surface area contributed by atoms with Gasteiger partial charge in [-0.25, -0.2) is 0 Å². The number of aliphatic hydroxyl groups is 1. The number of amides is 1. The van der Waals surface area contributed by atoms with E-state index in [0.717, 1.165) is 34.7 Å². The van der Waals surface area contributed by atoms with Gasteiger partial charge in [0, 0.05) is 11.3 Å². The summed E-state index contributed by atoms with van der Waals surface area (Å²) >= 11 is 0. The lowest BCUT2D eigenvalue weighted by molar-refractivity contribution is -0.137. The van der Waals surface area contributed by atoms with E-state index >= 15 is 0 Å². The van der Waals surface area contributed by atoms with Crippen LogP contribution in [0.25, 0.3) is 5.76 Å². The van der Waals surface area contributed by atoms with Crippen molar-refractivity contribution in [2.24, 2.45) is 0 Å². The molecule has 0 bridgehead atoms. The molecule has 1 aliphatic heterocycles. The van der Waals surface area contributed by atoms with Gasteiger partial charge in [0.25, 0.3) is 11.7 Å². The van der Waals surface area contributed by atoms with Crippen molar-refractivity contribution in [2.75, 3.05) is 11.5 Å². The number of aliphatic hydroxyl groups excluding tert-OH is 1. The second-order valence-electron chi connectivity index (χ2n) is 8.09. The first-order valence-electron chi connectivity index (χ1n) is 10.9. The molecule has 180 valence electrons. The second kappa shape index (κ2) is 9.29. The number of rotatable bonds is 5. The highest BCUT2D eigenvalue weighted by Gasteiger charge is 2.47. The number of Topliss-reactive ketones (excluding diaryl/α,β-unsaturated/α-hetero) is 1. The Morgan fingerprint density at radius 2 is 1.69 bits per heavy atom. The van der Waals surface area contributed by atoms with E-state index in [-0.39, 0.29) is 16.8 Å². The molecule has 5 nitrogen and oxygen atoms in total. The molecular formula is C27H22F3NO4. The number of ketones is 1. The van der Waals surface area contributed by atoms with Crippen LogP contribution in [0.2, 0.25) is 0 Å². The Balaban J connectivity index is 1.90. The highest BCUT2D eigenvalue weighted by atomic mass is 19.4. The minimum Gasteiger partial charge on any atom is -0.507 e. The normalized spacial score (nSPS) is 17.6. The van der Waals surface area contributed by atoms with Gasteiger partial charge in [0.2, 0.25) is 0 Å². The third-order valence-electron chi connectivity index (χ3n) is 5.69. The standard InChI is InChI=1S/C27H22F3NO4/c1-3-35-21-9-5-8-18(15-21)24(32)22-23(17-7-4-6-16(2)14-17)31(26(34)25(22)33)20-12-10-19(11-13-20)27(28,29)30/h4-15,23,32H,3H2,1-2H3/b24-22+. The average Bonchev–Trinajstić information content (AvgIpc) is 3.09. The molecule has 3 aromatic rings. The Morgan fingerprint density at radius 3 is 2.31 bits per heavy atom. The van der Waals surface area contributed by atoms with Crippen LogP contribution in [0.5, 0.6) is 5.75 Å². The average molecular weight is 481 g/mol. The summed E-state index contributed by atoms with van der Waals surface area (Å²) in [5.41, 5.74) is 0.727. The Kier molecular flexibility index (Phi) is 6.39. The number of benzene rings is 3. The van der Waals surface area contributed by atoms with Crippen molar-refractivity contribution in [1.29, 1.82) is 0 Å². The summed E-state index contributed by atoms with van der Waals surface area (Å²) in [5, 5.41) is 11.2. The molecule has 1 unspecified atom stereocenters. The third-order valence-corrected chi connectivity index (χ3v) is 5.69. The highest BCUT2D eigenvalue weighted by Crippen LogP contribution is 2.43. The van der Waals surface area contributed by atoms with Crippen LogP contribution in [-0.2, 0) is 15.8 Å². The van der Waals surface area contributed by atoms with Gasteiger partial charge in [0.1, 0.15) is 11.5 Å². The SMILES string of the molecule is CCOc1cccc(/C(O)=C2\C(=O)C(=O)N(c3ccc(C(F)(F)F)cc3)C2c2cccc(C)c2)c1. The minimum atomic E-state index is -4.55. The van der Waals surface area contributed by atoms with Crippen molar-refractivity contribution in [3.05, 3.63) is 101 Å². The van der Waals surface area contributed by atoms with Gasteiger partial charge in [-0.15, -0.1) is 0 Å². The van der Waals surface area contributed by atoms with Crippen molar-refractivity contribution in [1.82, 2.24) is 0 Å². The first-order valence-corrected chi connectivity index (χ1v) is 10.9. The van der Waals surface area contributed by atoms with Crippen molar-refractivity contribution < 1.29 is 32.6 Å². The van der Waals surface area contributed by atoms with Gasteiger partial charge >= 0.3 is 6.18 Å². The number of halogens is 3. The van der Waals surface area contributed by atoms with Crippen LogP contribution in [0, 0.1) is 6.92 Å². The van der Waals surface area contributed by atoms with Gasteiger partial charge in [-0.05, 0) is 55.8 Å². The molecule has 0 aliphatic carbocycles. The van der Waals surface area contributed by atoms with Gasteiger partial charge in [0.05, 0.1) is 23.8 Å². The fraction of sp³-hybridized carbons (Fsp3) is 0.185. The number of hydrogen-bond donors (Lipinski definition) is 1. The summed E-state index contributed by atoms with van der Waals surface area (Å²) in [6.45, 7) is 4.03. The number of nitrogens with zero attached hydrogens (tertiary/aromatic N) is 1. The van der Waals surface area contributed by atoms with E-state index in [1.165, 1.54) is 0 Å². The van der Waals surface area contributed by atoms with Gasteiger partial charge in [-0.2, -0.15) is 13.2 Å². The molecule has 1 saturated heterocycles. The Bertz CT molecular complexity index is 1310. The van der Waals surface area contributed by atoms with Crippen molar-refractivity contribution in [3.8, 4) is 5.75 Å². The number of ether oxygens (including phenoxy) is 1. The van der Waals surface area contributed by atoms with Gasteiger partial charge in [-0.3, -0.25) is 14.5 Å². The first kappa shape index (κ1) is 24.1. The molecule has 0 radical (unpaired) electrons. The summed E-state index contributed by atoms with van der Waals surface area (Å²) in [5.74, 6) is -1.80. The largest absolute Gasteiger partial charge is 0.507 e. The number of anilines is 1. The van der Waals surface area contributed by atoms with Crippen LogP contribution in [0.15, 0.2) is 78.4 Å². The summed E-state index contributed by atoms with van der Waals surface area (Å²) in [7, 11) is 0. The van der Waals surface area contributed by atoms with E-state index in [2.05, 4.69) is 0 Å². The first-order chi connectivity index (χ1) is 16.6. The zero-order chi connectivity index (χ0) is 25.3. The lowest BCUT2D eigenvalue weighted by Gasteiger charge is -2.26. The van der Waals surface area contributed by atoms with Crippen molar-refractivity contribution >= 4 is 23.1 Å². The van der Waals surface area contributed by atoms with E-state index in [9.17, 15) is 27.9 Å². The topological polar surface area (TPSA) is 66.8 Å². The smallest absolute Gasteiger partial charge is 0.416 e. The highest BCUT2D eigenvalue weighted by molar-refractivity contribution is 6.51. The molecule has 3 aromatic carbocycles. The number of aryl methyl sites for hydroxylation is 1. The molecule has 1 amide bonds. The number of carbonyl (C=O) groups excluding carboxylic acids is 2. The number of alkyl halides is 3. The quantitative estimate of drug-likeness (QED) is 0.274. The molecule has 4 rings (SSSR count). The molecule has 1 aliphatic rings. The molecule has 1 heterocycles. The maximum absolute atomic E-state index is 13.2. The monoisotopic (exact) mass is 481 g/mol. The maximum atomic E-state index is 13.2. The maximum Gasteiger partial charge on any atom is 0.416 e.